The van der Waals surface area contributed by atoms with Gasteiger partial charge in [-0.05, 0) is 46.9 Å². The molecule has 0 spiro atoms. The molecule has 0 radical (unpaired) electrons. The predicted octanol–water partition coefficient (Wildman–Crippen LogP) is 4.48. The highest BCUT2D eigenvalue weighted by Gasteiger charge is 2.14. The van der Waals surface area contributed by atoms with Crippen LogP contribution >= 0.6 is 38.5 Å². The lowest BCUT2D eigenvalue weighted by atomic mass is 10.2. The largest absolute Gasteiger partial charge is 0.496 e. The molecule has 8 nitrogen and oxygen atoms in total. The molecular formula is C17H11BrIN3O5. The van der Waals surface area contributed by atoms with Gasteiger partial charge in [-0.2, -0.15) is 5.10 Å². The molecule has 10 heteroatoms. The molecule has 27 heavy (non-hydrogen) atoms. The second-order valence-corrected chi connectivity index (χ2v) is 7.38. The molecule has 0 saturated carbocycles. The zero-order valence-corrected chi connectivity index (χ0v) is 17.5. The van der Waals surface area contributed by atoms with Gasteiger partial charge >= 0.3 is 5.91 Å². The number of ether oxygens (including phenoxy) is 1. The highest BCUT2D eigenvalue weighted by Crippen LogP contribution is 2.28. The molecule has 0 fully saturated rings. The van der Waals surface area contributed by atoms with E-state index in [1.54, 1.807) is 6.07 Å². The number of methoxy groups -OCH3 is 1. The van der Waals surface area contributed by atoms with E-state index in [0.717, 1.165) is 13.4 Å². The normalized spacial score (nSPS) is 11.1. The highest BCUT2D eigenvalue weighted by atomic mass is 127. The number of hydrogen-bond donors (Lipinski definition) is 1. The standard InChI is InChI=1S/C17H11BrIN3O5/c1-26-14-3-2-12(22(24)25)5-10(14)8-20-21-17(23)15-6-9-4-11(18)7-13(19)16(9)27-15/h2-8H,1H3,(H,21,23)/b20-8-. The number of amides is 1. The topological polar surface area (TPSA) is 107 Å². The van der Waals surface area contributed by atoms with E-state index in [-0.39, 0.29) is 11.4 Å². The second kappa shape index (κ2) is 8.05. The van der Waals surface area contributed by atoms with Gasteiger partial charge in [0.05, 0.1) is 21.8 Å². The molecule has 0 aliphatic heterocycles. The van der Waals surface area contributed by atoms with Gasteiger partial charge in [-0.25, -0.2) is 5.43 Å². The third-order valence-corrected chi connectivity index (χ3v) is 4.81. The van der Waals surface area contributed by atoms with Crippen LogP contribution in [0, 0.1) is 13.7 Å². The number of carbonyl (C=O) groups excluding carboxylic acids is 1. The van der Waals surface area contributed by atoms with Crippen LogP contribution < -0.4 is 10.2 Å². The van der Waals surface area contributed by atoms with Crippen LogP contribution in [0.1, 0.15) is 16.1 Å². The van der Waals surface area contributed by atoms with Crippen molar-refractivity contribution in [2.45, 2.75) is 0 Å². The molecule has 1 aromatic heterocycles. The number of hydrazone groups is 1. The zero-order chi connectivity index (χ0) is 19.6. The molecule has 1 amide bonds. The Kier molecular flexibility index (Phi) is 5.75. The van der Waals surface area contributed by atoms with Gasteiger partial charge in [-0.3, -0.25) is 14.9 Å². The Hall–Kier alpha value is -2.47. The van der Waals surface area contributed by atoms with Crippen LogP contribution in [0.2, 0.25) is 0 Å². The summed E-state index contributed by atoms with van der Waals surface area (Å²) in [6.07, 6.45) is 1.27. The van der Waals surface area contributed by atoms with E-state index in [9.17, 15) is 14.9 Å². The van der Waals surface area contributed by atoms with Crippen LogP contribution in [0.3, 0.4) is 0 Å². The monoisotopic (exact) mass is 543 g/mol. The maximum absolute atomic E-state index is 12.3. The molecule has 3 aromatic rings. The van der Waals surface area contributed by atoms with E-state index in [1.807, 2.05) is 12.1 Å². The maximum Gasteiger partial charge on any atom is 0.307 e. The van der Waals surface area contributed by atoms with Gasteiger partial charge in [0.2, 0.25) is 0 Å². The van der Waals surface area contributed by atoms with E-state index < -0.39 is 10.8 Å². The summed E-state index contributed by atoms with van der Waals surface area (Å²) in [6.45, 7) is 0. The number of benzene rings is 2. The molecular weight excluding hydrogens is 533 g/mol. The SMILES string of the molecule is COc1ccc([N+](=O)[O-])cc1/C=N\NC(=O)c1cc2cc(Br)cc(I)c2o1. The first-order valence-corrected chi connectivity index (χ1v) is 9.30. The van der Waals surface area contributed by atoms with Crippen molar-refractivity contribution in [2.24, 2.45) is 5.10 Å². The fraction of sp³-hybridized carbons (Fsp3) is 0.0588. The molecule has 3 rings (SSSR count). The number of nitro groups is 1. The number of rotatable bonds is 5. The number of nitrogens with zero attached hydrogens (tertiary/aromatic N) is 2. The second-order valence-electron chi connectivity index (χ2n) is 5.30. The van der Waals surface area contributed by atoms with Crippen molar-refractivity contribution in [2.75, 3.05) is 7.11 Å². The number of nitrogens with one attached hydrogen (secondary N) is 1. The van der Waals surface area contributed by atoms with Gasteiger partial charge in [0.25, 0.3) is 5.69 Å². The first-order chi connectivity index (χ1) is 12.9. The number of hydrogen-bond acceptors (Lipinski definition) is 6. The minimum Gasteiger partial charge on any atom is -0.496 e. The lowest BCUT2D eigenvalue weighted by Gasteiger charge is -2.03. The average molecular weight is 544 g/mol. The van der Waals surface area contributed by atoms with Crippen molar-refractivity contribution in [3.8, 4) is 5.75 Å². The van der Waals surface area contributed by atoms with Crippen molar-refractivity contribution >= 4 is 67.3 Å². The predicted molar refractivity (Wildman–Crippen MR) is 111 cm³/mol. The third kappa shape index (κ3) is 4.27. The van der Waals surface area contributed by atoms with Crippen LogP contribution in [0.4, 0.5) is 5.69 Å². The molecule has 0 atom stereocenters. The van der Waals surface area contributed by atoms with Gasteiger partial charge in [0.15, 0.2) is 5.76 Å². The van der Waals surface area contributed by atoms with Crippen molar-refractivity contribution in [1.82, 2.24) is 5.43 Å². The smallest absolute Gasteiger partial charge is 0.307 e. The summed E-state index contributed by atoms with van der Waals surface area (Å²) < 4.78 is 12.5. The van der Waals surface area contributed by atoms with Gasteiger partial charge < -0.3 is 9.15 Å². The molecule has 0 bridgehead atoms. The summed E-state index contributed by atoms with van der Waals surface area (Å²) >= 11 is 5.52. The van der Waals surface area contributed by atoms with E-state index in [1.165, 1.54) is 31.5 Å². The summed E-state index contributed by atoms with van der Waals surface area (Å²) in [6, 6.07) is 9.41. The molecule has 0 saturated heterocycles. The minimum absolute atomic E-state index is 0.101. The Labute approximate surface area is 175 Å². The highest BCUT2D eigenvalue weighted by molar-refractivity contribution is 14.1. The van der Waals surface area contributed by atoms with Gasteiger partial charge in [-0.15, -0.1) is 0 Å². The Morgan fingerprint density at radius 1 is 1.37 bits per heavy atom. The molecule has 138 valence electrons. The third-order valence-electron chi connectivity index (χ3n) is 3.55. The van der Waals surface area contributed by atoms with E-state index >= 15 is 0 Å². The van der Waals surface area contributed by atoms with Gasteiger partial charge in [-0.1, -0.05) is 15.9 Å². The number of fused-ring (bicyclic) bond motifs is 1. The lowest BCUT2D eigenvalue weighted by molar-refractivity contribution is -0.384. The first kappa shape index (κ1) is 19.3. The molecule has 0 aliphatic rings. The van der Waals surface area contributed by atoms with Crippen LogP contribution in [0.5, 0.6) is 5.75 Å². The Balaban J connectivity index is 1.80. The number of halogens is 2. The quantitative estimate of drug-likeness (QED) is 0.221. The van der Waals surface area contributed by atoms with Crippen molar-refractivity contribution < 1.29 is 18.9 Å². The van der Waals surface area contributed by atoms with E-state index in [2.05, 4.69) is 49.0 Å². The molecule has 1 heterocycles. The van der Waals surface area contributed by atoms with Crippen LogP contribution in [0.25, 0.3) is 11.0 Å². The van der Waals surface area contributed by atoms with Crippen molar-refractivity contribution in [3.05, 3.63) is 65.9 Å². The summed E-state index contributed by atoms with van der Waals surface area (Å²) in [5.41, 5.74) is 3.19. The van der Waals surface area contributed by atoms with Gasteiger partial charge in [0, 0.05) is 27.6 Å². The molecule has 1 N–H and O–H groups in total. The number of carbonyl (C=O) groups is 1. The summed E-state index contributed by atoms with van der Waals surface area (Å²) in [4.78, 5) is 22.6. The van der Waals surface area contributed by atoms with Crippen LogP contribution in [-0.2, 0) is 0 Å². The average Bonchev–Trinajstić information content (AvgIpc) is 3.06. The summed E-state index contributed by atoms with van der Waals surface area (Å²) in [5.74, 6) is -0.0512. The summed E-state index contributed by atoms with van der Waals surface area (Å²) in [5, 5.41) is 15.5. The first-order valence-electron chi connectivity index (χ1n) is 7.43. The maximum atomic E-state index is 12.3. The van der Waals surface area contributed by atoms with Crippen molar-refractivity contribution in [3.63, 3.8) is 0 Å². The van der Waals surface area contributed by atoms with Crippen molar-refractivity contribution in [1.29, 1.82) is 0 Å². The number of nitro benzene ring substituents is 1. The fourth-order valence-corrected chi connectivity index (χ4v) is 4.00. The fourth-order valence-electron chi connectivity index (χ4n) is 2.34. The number of non-ortho nitro benzene ring substituents is 1. The molecule has 0 aliphatic carbocycles. The Morgan fingerprint density at radius 3 is 2.85 bits per heavy atom. The minimum atomic E-state index is -0.543. The van der Waals surface area contributed by atoms with Crippen LogP contribution in [0.15, 0.2) is 50.4 Å². The zero-order valence-electron chi connectivity index (χ0n) is 13.7. The Morgan fingerprint density at radius 2 is 2.15 bits per heavy atom. The Bertz CT molecular complexity index is 1080. The van der Waals surface area contributed by atoms with E-state index in [4.69, 9.17) is 9.15 Å². The molecule has 2 aromatic carbocycles. The van der Waals surface area contributed by atoms with Crippen LogP contribution in [-0.4, -0.2) is 24.2 Å². The molecule has 0 unspecified atom stereocenters. The van der Waals surface area contributed by atoms with Gasteiger partial charge in [0.1, 0.15) is 11.3 Å². The van der Waals surface area contributed by atoms with E-state index in [0.29, 0.717) is 16.9 Å². The number of furan rings is 1. The lowest BCUT2D eigenvalue weighted by Crippen LogP contribution is -2.16. The summed E-state index contributed by atoms with van der Waals surface area (Å²) in [7, 11) is 1.44.